The fraction of sp³-hybridized carbons (Fsp3) is 0.259. The Morgan fingerprint density at radius 1 is 0.844 bits per heavy atom. The Kier molecular flexibility index (Phi) is 9.48. The van der Waals surface area contributed by atoms with E-state index in [0.717, 1.165) is 0 Å². The minimum Gasteiger partial charge on any atom is -0.462 e. The lowest BCUT2D eigenvalue weighted by molar-refractivity contribution is 0.0526. The van der Waals surface area contributed by atoms with Gasteiger partial charge in [0.15, 0.2) is 5.75 Å². The van der Waals surface area contributed by atoms with Crippen LogP contribution >= 0.6 is 0 Å². The van der Waals surface area contributed by atoms with Crippen LogP contribution in [-0.2, 0) is 4.74 Å². The molecule has 4 rings (SSSR count). The summed E-state index contributed by atoms with van der Waals surface area (Å²) >= 11 is 0. The van der Waals surface area contributed by atoms with Gasteiger partial charge in [0.1, 0.15) is 5.75 Å². The molecule has 32 heavy (non-hydrogen) atoms. The van der Waals surface area contributed by atoms with Crippen molar-refractivity contribution >= 4 is 23.3 Å². The van der Waals surface area contributed by atoms with E-state index in [1.54, 1.807) is 54.3 Å². The third kappa shape index (κ3) is 5.55. The van der Waals surface area contributed by atoms with E-state index in [1.807, 2.05) is 44.2 Å². The van der Waals surface area contributed by atoms with Crippen LogP contribution in [0.3, 0.4) is 0 Å². The number of esters is 1. The summed E-state index contributed by atoms with van der Waals surface area (Å²) in [6, 6.07) is 21.3. The van der Waals surface area contributed by atoms with Crippen LogP contribution in [0.1, 0.15) is 61.8 Å². The molecule has 5 heteroatoms. The Hall–Kier alpha value is -3.60. The first-order valence-corrected chi connectivity index (χ1v) is 11.1. The van der Waals surface area contributed by atoms with Crippen molar-refractivity contribution in [2.45, 2.75) is 41.0 Å². The van der Waals surface area contributed by atoms with Gasteiger partial charge >= 0.3 is 5.97 Å². The van der Waals surface area contributed by atoms with E-state index in [9.17, 15) is 9.59 Å². The van der Waals surface area contributed by atoms with Crippen molar-refractivity contribution < 1.29 is 19.1 Å². The van der Waals surface area contributed by atoms with E-state index in [-0.39, 0.29) is 11.9 Å². The topological polar surface area (TPSA) is 55.8 Å². The second kappa shape index (κ2) is 12.3. The largest absolute Gasteiger partial charge is 0.462 e. The van der Waals surface area contributed by atoms with E-state index >= 15 is 0 Å². The summed E-state index contributed by atoms with van der Waals surface area (Å²) in [6.07, 6.45) is 1.25. The zero-order valence-corrected chi connectivity index (χ0v) is 19.4. The molecule has 0 atom stereocenters. The second-order valence-electron chi connectivity index (χ2n) is 6.68. The van der Waals surface area contributed by atoms with Crippen LogP contribution < -0.4 is 9.64 Å². The summed E-state index contributed by atoms with van der Waals surface area (Å²) in [4.78, 5) is 26.8. The summed E-state index contributed by atoms with van der Waals surface area (Å²) in [5, 5.41) is 0. The number of amides is 1. The zero-order valence-electron chi connectivity index (χ0n) is 19.4. The van der Waals surface area contributed by atoms with Gasteiger partial charge in [-0.05, 0) is 55.5 Å². The minimum absolute atomic E-state index is 0.195. The van der Waals surface area contributed by atoms with Crippen LogP contribution in [0.5, 0.6) is 11.5 Å². The van der Waals surface area contributed by atoms with Crippen molar-refractivity contribution in [1.82, 2.24) is 0 Å². The lowest BCUT2D eigenvalue weighted by atomic mass is 10.1. The standard InChI is InChI=1S/C22H17NO4.C3H8.C2H6/c1-2-26-22(25)15-11-13-16(14-12-15)23-18-8-4-6-10-20(18)27-19-9-5-3-7-17(19)21(23)24;1-3-2;1-2/h3-14H,2H2,1H3;3H2,1-2H3;1-2H3. The van der Waals surface area contributed by atoms with E-state index in [2.05, 4.69) is 13.8 Å². The summed E-state index contributed by atoms with van der Waals surface area (Å²) < 4.78 is 11.0. The molecule has 168 valence electrons. The highest BCUT2D eigenvalue weighted by molar-refractivity contribution is 6.14. The van der Waals surface area contributed by atoms with Gasteiger partial charge in [-0.25, -0.2) is 4.79 Å². The van der Waals surface area contributed by atoms with Gasteiger partial charge < -0.3 is 9.47 Å². The average molecular weight is 434 g/mol. The number of carbonyl (C=O) groups is 2. The normalized spacial score (nSPS) is 11.3. The van der Waals surface area contributed by atoms with Crippen molar-refractivity contribution in [3.05, 3.63) is 83.9 Å². The Balaban J connectivity index is 0.000000671. The number of rotatable bonds is 3. The lowest BCUT2D eigenvalue weighted by Crippen LogP contribution is -2.25. The van der Waals surface area contributed by atoms with E-state index in [1.165, 1.54) is 6.42 Å². The van der Waals surface area contributed by atoms with Gasteiger partial charge in [0.05, 0.1) is 23.4 Å². The zero-order chi connectivity index (χ0) is 23.5. The predicted molar refractivity (Wildman–Crippen MR) is 129 cm³/mol. The molecule has 3 aromatic rings. The van der Waals surface area contributed by atoms with Crippen molar-refractivity contribution in [2.24, 2.45) is 0 Å². The third-order valence-corrected chi connectivity index (χ3v) is 4.28. The first kappa shape index (κ1) is 24.7. The molecule has 0 radical (unpaired) electrons. The number of para-hydroxylation sites is 3. The Morgan fingerprint density at radius 2 is 1.41 bits per heavy atom. The highest BCUT2D eigenvalue weighted by Gasteiger charge is 2.29. The summed E-state index contributed by atoms with van der Waals surface area (Å²) in [5.74, 6) is 0.519. The predicted octanol–water partition coefficient (Wildman–Crippen LogP) is 7.39. The highest BCUT2D eigenvalue weighted by Crippen LogP contribution is 2.42. The number of ether oxygens (including phenoxy) is 2. The first-order chi connectivity index (χ1) is 15.6. The van der Waals surface area contributed by atoms with Crippen LogP contribution in [-0.4, -0.2) is 18.5 Å². The molecule has 1 amide bonds. The number of hydrogen-bond donors (Lipinski definition) is 0. The molecule has 5 nitrogen and oxygen atoms in total. The number of fused-ring (bicyclic) bond motifs is 2. The Bertz CT molecular complexity index is 1030. The molecule has 0 aliphatic carbocycles. The van der Waals surface area contributed by atoms with Crippen LogP contribution in [0.15, 0.2) is 72.8 Å². The van der Waals surface area contributed by atoms with Crippen molar-refractivity contribution in [3.8, 4) is 11.5 Å². The summed E-state index contributed by atoms with van der Waals surface area (Å²) in [5.41, 5.74) is 2.19. The third-order valence-electron chi connectivity index (χ3n) is 4.28. The van der Waals surface area contributed by atoms with Gasteiger partial charge in [0.25, 0.3) is 5.91 Å². The van der Waals surface area contributed by atoms with Crippen LogP contribution in [0.2, 0.25) is 0 Å². The summed E-state index contributed by atoms with van der Waals surface area (Å²) in [6.45, 7) is 10.3. The quantitative estimate of drug-likeness (QED) is 0.404. The molecule has 1 aliphatic rings. The Labute approximate surface area is 190 Å². The number of carbonyl (C=O) groups excluding carboxylic acids is 2. The van der Waals surface area contributed by atoms with Gasteiger partial charge in [-0.15, -0.1) is 0 Å². The molecular weight excluding hydrogens is 402 g/mol. The monoisotopic (exact) mass is 433 g/mol. The molecular formula is C27H31NO4. The van der Waals surface area contributed by atoms with E-state index in [0.29, 0.717) is 40.6 Å². The number of anilines is 2. The highest BCUT2D eigenvalue weighted by atomic mass is 16.5. The molecule has 3 aromatic carbocycles. The molecule has 0 aromatic heterocycles. The molecule has 0 N–H and O–H groups in total. The molecule has 1 heterocycles. The van der Waals surface area contributed by atoms with Gasteiger partial charge in [-0.2, -0.15) is 0 Å². The summed E-state index contributed by atoms with van der Waals surface area (Å²) in [7, 11) is 0. The molecule has 0 fully saturated rings. The van der Waals surface area contributed by atoms with Crippen molar-refractivity contribution in [2.75, 3.05) is 11.5 Å². The van der Waals surface area contributed by atoms with Crippen molar-refractivity contribution in [3.63, 3.8) is 0 Å². The molecule has 0 bridgehead atoms. The van der Waals surface area contributed by atoms with Gasteiger partial charge in [0.2, 0.25) is 0 Å². The average Bonchev–Trinajstić information content (AvgIpc) is 2.95. The minimum atomic E-state index is -0.389. The maximum Gasteiger partial charge on any atom is 0.338 e. The molecule has 0 saturated carbocycles. The first-order valence-electron chi connectivity index (χ1n) is 11.1. The van der Waals surface area contributed by atoms with Crippen LogP contribution in [0.4, 0.5) is 11.4 Å². The number of benzene rings is 3. The fourth-order valence-corrected chi connectivity index (χ4v) is 3.03. The van der Waals surface area contributed by atoms with E-state index in [4.69, 9.17) is 9.47 Å². The Morgan fingerprint density at radius 3 is 2.03 bits per heavy atom. The van der Waals surface area contributed by atoms with Crippen LogP contribution in [0, 0.1) is 0 Å². The molecule has 0 saturated heterocycles. The van der Waals surface area contributed by atoms with Gasteiger partial charge in [-0.3, -0.25) is 9.69 Å². The smallest absolute Gasteiger partial charge is 0.338 e. The number of nitrogens with zero attached hydrogens (tertiary/aromatic N) is 1. The fourth-order valence-electron chi connectivity index (χ4n) is 3.03. The van der Waals surface area contributed by atoms with Gasteiger partial charge in [-0.1, -0.05) is 58.4 Å². The molecule has 1 aliphatic heterocycles. The van der Waals surface area contributed by atoms with Gasteiger partial charge in [0, 0.05) is 5.69 Å². The second-order valence-corrected chi connectivity index (χ2v) is 6.68. The van der Waals surface area contributed by atoms with Crippen molar-refractivity contribution in [1.29, 1.82) is 0 Å². The maximum absolute atomic E-state index is 13.3. The maximum atomic E-state index is 13.3. The molecule has 0 spiro atoms. The lowest BCUT2D eigenvalue weighted by Gasteiger charge is -2.22. The van der Waals surface area contributed by atoms with Crippen LogP contribution in [0.25, 0.3) is 0 Å². The SMILES string of the molecule is CC.CCC.CCOC(=O)c1ccc(N2C(=O)c3ccccc3Oc3ccccc32)cc1. The molecule has 0 unspecified atom stereocenters. The number of hydrogen-bond acceptors (Lipinski definition) is 4. The van der Waals surface area contributed by atoms with E-state index < -0.39 is 0 Å².